The summed E-state index contributed by atoms with van der Waals surface area (Å²) in [7, 11) is 0. The number of nitrogens with zero attached hydrogens (tertiary/aromatic N) is 4. The topological polar surface area (TPSA) is 116 Å². The summed E-state index contributed by atoms with van der Waals surface area (Å²) in [6.45, 7) is 2.57. The molecule has 3 aliphatic rings. The highest BCUT2D eigenvalue weighted by atomic mass is 16.5. The first-order valence-electron chi connectivity index (χ1n) is 12.0. The second-order valence-electron chi connectivity index (χ2n) is 9.31. The molecule has 0 aliphatic carbocycles. The Balaban J connectivity index is 1.23. The van der Waals surface area contributed by atoms with Crippen molar-refractivity contribution in [2.45, 2.75) is 57.3 Å². The van der Waals surface area contributed by atoms with Crippen molar-refractivity contribution in [2.75, 3.05) is 13.2 Å². The van der Waals surface area contributed by atoms with E-state index in [9.17, 15) is 14.4 Å². The van der Waals surface area contributed by atoms with Crippen molar-refractivity contribution in [3.63, 3.8) is 0 Å². The van der Waals surface area contributed by atoms with Gasteiger partial charge in [0, 0.05) is 37.3 Å². The molecule has 0 radical (unpaired) electrons. The van der Waals surface area contributed by atoms with Crippen LogP contribution < -0.4 is 10.1 Å². The normalized spacial score (nSPS) is 22.5. The van der Waals surface area contributed by atoms with Crippen LogP contribution in [-0.2, 0) is 22.7 Å². The number of nitrogens with one attached hydrogen (secondary N) is 1. The van der Waals surface area contributed by atoms with Gasteiger partial charge in [-0.3, -0.25) is 24.6 Å². The minimum Gasteiger partial charge on any atom is -0.492 e. The summed E-state index contributed by atoms with van der Waals surface area (Å²) in [5.74, 6) is -0.193. The average Bonchev–Trinajstić information content (AvgIpc) is 3.19. The number of fused-ring (bicyclic) bond motifs is 1. The van der Waals surface area contributed by atoms with Gasteiger partial charge in [-0.1, -0.05) is 6.42 Å². The molecule has 5 rings (SSSR count). The molecule has 3 aliphatic heterocycles. The van der Waals surface area contributed by atoms with Crippen LogP contribution in [0.3, 0.4) is 0 Å². The highest BCUT2D eigenvalue weighted by molar-refractivity contribution is 6.05. The molecule has 1 aromatic heterocycles. The lowest BCUT2D eigenvalue weighted by atomic mass is 10.0. The van der Waals surface area contributed by atoms with Gasteiger partial charge in [-0.25, -0.2) is 4.98 Å². The van der Waals surface area contributed by atoms with Crippen LogP contribution in [0.4, 0.5) is 0 Å². The molecule has 0 spiro atoms. The summed E-state index contributed by atoms with van der Waals surface area (Å²) >= 11 is 0. The molecular weight excluding hydrogens is 446 g/mol. The van der Waals surface area contributed by atoms with Gasteiger partial charge in [-0.2, -0.15) is 5.26 Å². The quantitative estimate of drug-likeness (QED) is 0.639. The number of likely N-dealkylation sites (tertiary alicyclic amines) is 1. The van der Waals surface area contributed by atoms with Gasteiger partial charge < -0.3 is 9.64 Å². The summed E-state index contributed by atoms with van der Waals surface area (Å²) < 4.78 is 6.17. The Morgan fingerprint density at radius 3 is 2.86 bits per heavy atom. The number of pyridine rings is 1. The number of benzene rings is 1. The van der Waals surface area contributed by atoms with Gasteiger partial charge in [0.15, 0.2) is 0 Å². The van der Waals surface area contributed by atoms with Crippen molar-refractivity contribution >= 4 is 17.7 Å². The highest BCUT2D eigenvalue weighted by Crippen LogP contribution is 2.30. The number of rotatable bonds is 6. The first-order valence-corrected chi connectivity index (χ1v) is 12.0. The maximum absolute atomic E-state index is 12.9. The van der Waals surface area contributed by atoms with Crippen molar-refractivity contribution in [2.24, 2.45) is 0 Å². The molecule has 2 atom stereocenters. The number of carbonyl (C=O) groups is 3. The Kier molecular flexibility index (Phi) is 6.47. The van der Waals surface area contributed by atoms with E-state index >= 15 is 0 Å². The van der Waals surface area contributed by atoms with E-state index in [-0.39, 0.29) is 24.3 Å². The summed E-state index contributed by atoms with van der Waals surface area (Å²) in [5.41, 5.74) is 2.89. The predicted molar refractivity (Wildman–Crippen MR) is 125 cm³/mol. The Labute approximate surface area is 203 Å². The second-order valence-corrected chi connectivity index (χ2v) is 9.31. The fraction of sp³-hybridized carbons (Fsp3) is 0.423. The summed E-state index contributed by atoms with van der Waals surface area (Å²) in [5, 5.41) is 11.5. The predicted octanol–water partition coefficient (Wildman–Crippen LogP) is 2.15. The van der Waals surface area contributed by atoms with Crippen LogP contribution in [-0.4, -0.2) is 57.7 Å². The van der Waals surface area contributed by atoms with Gasteiger partial charge in [0.1, 0.15) is 30.2 Å². The third kappa shape index (κ3) is 4.88. The van der Waals surface area contributed by atoms with Crippen molar-refractivity contribution in [3.05, 3.63) is 58.9 Å². The van der Waals surface area contributed by atoms with Crippen LogP contribution in [0.25, 0.3) is 0 Å². The van der Waals surface area contributed by atoms with E-state index in [2.05, 4.69) is 21.3 Å². The second kappa shape index (κ2) is 9.84. The molecule has 2 saturated heterocycles. The van der Waals surface area contributed by atoms with Crippen LogP contribution in [0, 0.1) is 11.3 Å². The number of imide groups is 1. The van der Waals surface area contributed by atoms with Gasteiger partial charge in [0.05, 0.1) is 0 Å². The first kappa shape index (κ1) is 23.0. The van der Waals surface area contributed by atoms with Crippen LogP contribution >= 0.6 is 0 Å². The molecule has 180 valence electrons. The van der Waals surface area contributed by atoms with E-state index in [4.69, 9.17) is 10.00 Å². The SMILES string of the molecule is N#Cc1cc(CN2CCCC[C@H]2COc2ccc3c(c2)CN(C2CCC(=O)NC2=O)C3=O)ccn1. The molecular formula is C26H27N5O4. The fourth-order valence-corrected chi connectivity index (χ4v) is 5.16. The summed E-state index contributed by atoms with van der Waals surface area (Å²) in [4.78, 5) is 44.6. The molecule has 2 aromatic rings. The minimum atomic E-state index is -0.623. The zero-order valence-electron chi connectivity index (χ0n) is 19.4. The van der Waals surface area contributed by atoms with Gasteiger partial charge in [-0.15, -0.1) is 0 Å². The Morgan fingerprint density at radius 1 is 1.14 bits per heavy atom. The lowest BCUT2D eigenvalue weighted by Crippen LogP contribution is -2.52. The molecule has 35 heavy (non-hydrogen) atoms. The molecule has 1 unspecified atom stereocenters. The van der Waals surface area contributed by atoms with Gasteiger partial charge in [0.2, 0.25) is 11.8 Å². The highest BCUT2D eigenvalue weighted by Gasteiger charge is 2.39. The van der Waals surface area contributed by atoms with Crippen molar-refractivity contribution in [3.8, 4) is 11.8 Å². The zero-order valence-corrected chi connectivity index (χ0v) is 19.4. The smallest absolute Gasteiger partial charge is 0.255 e. The number of carbonyl (C=O) groups excluding carboxylic acids is 3. The molecule has 3 amide bonds. The molecule has 0 saturated carbocycles. The van der Waals surface area contributed by atoms with E-state index in [0.29, 0.717) is 36.6 Å². The number of piperidine rings is 2. The molecule has 2 fully saturated rings. The van der Waals surface area contributed by atoms with Gasteiger partial charge in [-0.05, 0) is 67.3 Å². The van der Waals surface area contributed by atoms with E-state index in [1.54, 1.807) is 23.2 Å². The number of ether oxygens (including phenoxy) is 1. The third-order valence-electron chi connectivity index (χ3n) is 7.01. The van der Waals surface area contributed by atoms with E-state index in [1.165, 1.54) is 0 Å². The number of hydrogen-bond acceptors (Lipinski definition) is 7. The van der Waals surface area contributed by atoms with Gasteiger partial charge in [0.25, 0.3) is 5.91 Å². The Hall–Kier alpha value is -3.77. The molecule has 9 heteroatoms. The molecule has 0 bridgehead atoms. The zero-order chi connectivity index (χ0) is 24.4. The largest absolute Gasteiger partial charge is 0.492 e. The summed E-state index contributed by atoms with van der Waals surface area (Å²) in [6.07, 6.45) is 5.56. The van der Waals surface area contributed by atoms with Crippen LogP contribution in [0.5, 0.6) is 5.75 Å². The molecule has 9 nitrogen and oxygen atoms in total. The molecule has 1 aromatic carbocycles. The fourth-order valence-electron chi connectivity index (χ4n) is 5.16. The lowest BCUT2D eigenvalue weighted by Gasteiger charge is -2.35. The molecule has 1 N–H and O–H groups in total. The maximum Gasteiger partial charge on any atom is 0.255 e. The minimum absolute atomic E-state index is 0.186. The number of nitriles is 1. The first-order chi connectivity index (χ1) is 17.0. The molecule has 4 heterocycles. The van der Waals surface area contributed by atoms with Gasteiger partial charge >= 0.3 is 0 Å². The summed E-state index contributed by atoms with van der Waals surface area (Å²) in [6, 6.07) is 10.9. The van der Waals surface area contributed by atoms with E-state index in [0.717, 1.165) is 43.5 Å². The number of hydrogen-bond donors (Lipinski definition) is 1. The lowest BCUT2D eigenvalue weighted by molar-refractivity contribution is -0.136. The van der Waals surface area contributed by atoms with Crippen LogP contribution in [0.15, 0.2) is 36.5 Å². The van der Waals surface area contributed by atoms with Crippen molar-refractivity contribution in [1.82, 2.24) is 20.1 Å². The maximum atomic E-state index is 12.9. The van der Waals surface area contributed by atoms with Crippen LogP contribution in [0.2, 0.25) is 0 Å². The van der Waals surface area contributed by atoms with E-state index in [1.807, 2.05) is 18.2 Å². The van der Waals surface area contributed by atoms with E-state index < -0.39 is 11.9 Å². The average molecular weight is 474 g/mol. The van der Waals surface area contributed by atoms with Crippen LogP contribution in [0.1, 0.15) is 59.3 Å². The monoisotopic (exact) mass is 473 g/mol. The van der Waals surface area contributed by atoms with Crippen molar-refractivity contribution < 1.29 is 19.1 Å². The Morgan fingerprint density at radius 2 is 2.03 bits per heavy atom. The third-order valence-corrected chi connectivity index (χ3v) is 7.01. The number of aromatic nitrogens is 1. The standard InChI is InChI=1S/C26H27N5O4/c27-13-19-11-17(8-9-28-19)14-30-10-2-1-3-20(30)16-35-21-4-5-22-18(12-21)15-31(26(22)34)23-6-7-24(32)29-25(23)33/h4-5,8-9,11-12,20,23H,1-3,6-7,10,14-16H2,(H,29,32,33)/t20-,23?/m0/s1. The number of amides is 3. The van der Waals surface area contributed by atoms with Crippen molar-refractivity contribution in [1.29, 1.82) is 5.26 Å². The Bertz CT molecular complexity index is 1210.